The molecule has 3 aromatic carbocycles. The molecule has 0 spiro atoms. The third-order valence-corrected chi connectivity index (χ3v) is 7.00. The van der Waals surface area contributed by atoms with Gasteiger partial charge in [-0.05, 0) is 69.7 Å². The Morgan fingerprint density at radius 2 is 1.65 bits per heavy atom. The quantitative estimate of drug-likeness (QED) is 0.207. The number of phenols is 1. The van der Waals surface area contributed by atoms with Crippen LogP contribution < -0.4 is 14.9 Å². The molecule has 0 aliphatic rings. The molecular formula is C33H41ClN2O4. The summed E-state index contributed by atoms with van der Waals surface area (Å²) in [6.45, 7) is 14.8. The monoisotopic (exact) mass is 564 g/mol. The Morgan fingerprint density at radius 3 is 2.23 bits per heavy atom. The van der Waals surface area contributed by atoms with Crippen molar-refractivity contribution in [1.29, 1.82) is 0 Å². The van der Waals surface area contributed by atoms with Gasteiger partial charge in [0.05, 0.1) is 18.3 Å². The number of ether oxygens (including phenoxy) is 2. The van der Waals surface area contributed by atoms with E-state index in [1.165, 1.54) is 6.21 Å². The van der Waals surface area contributed by atoms with Gasteiger partial charge in [0.2, 0.25) is 5.91 Å². The number of carbonyl (C=O) groups is 1. The number of methoxy groups -OCH3 is 1. The molecule has 0 bridgehead atoms. The second-order valence-electron chi connectivity index (χ2n) is 12.1. The fraction of sp³-hybridized carbons (Fsp3) is 0.394. The lowest BCUT2D eigenvalue weighted by Crippen LogP contribution is -2.20. The lowest BCUT2D eigenvalue weighted by molar-refractivity contribution is -0.121. The Kier molecular flexibility index (Phi) is 9.91. The molecule has 40 heavy (non-hydrogen) atoms. The highest BCUT2D eigenvalue weighted by Crippen LogP contribution is 2.40. The van der Waals surface area contributed by atoms with Crippen molar-refractivity contribution < 1.29 is 19.4 Å². The normalized spacial score (nSPS) is 12.0. The van der Waals surface area contributed by atoms with Gasteiger partial charge in [-0.25, -0.2) is 5.43 Å². The number of carbonyl (C=O) groups excluding carboxylic acids is 1. The van der Waals surface area contributed by atoms with Crippen molar-refractivity contribution in [3.63, 3.8) is 0 Å². The first-order valence-electron chi connectivity index (χ1n) is 13.4. The van der Waals surface area contributed by atoms with Gasteiger partial charge in [0.15, 0.2) is 11.5 Å². The second-order valence-corrected chi connectivity index (χ2v) is 12.5. The largest absolute Gasteiger partial charge is 0.507 e. The number of phenolic OH excluding ortho intramolecular Hbond substituents is 1. The van der Waals surface area contributed by atoms with Crippen molar-refractivity contribution in [2.24, 2.45) is 5.10 Å². The average molecular weight is 565 g/mol. The molecule has 0 aliphatic carbocycles. The number of hydrogen-bond acceptors (Lipinski definition) is 5. The van der Waals surface area contributed by atoms with Gasteiger partial charge in [0, 0.05) is 6.42 Å². The summed E-state index contributed by atoms with van der Waals surface area (Å²) < 4.78 is 11.5. The Balaban J connectivity index is 1.66. The van der Waals surface area contributed by atoms with E-state index < -0.39 is 0 Å². The molecule has 0 atom stereocenters. The topological polar surface area (TPSA) is 80.2 Å². The zero-order valence-corrected chi connectivity index (χ0v) is 25.6. The summed E-state index contributed by atoms with van der Waals surface area (Å²) in [7, 11) is 1.55. The maximum atomic E-state index is 12.6. The van der Waals surface area contributed by atoms with Gasteiger partial charge in [-0.3, -0.25) is 4.79 Å². The standard InChI is InChI=1S/C33H41ClN2O4/c1-21-11-9-10-12-24(21)20-40-31-27(34)17-23(18-28(31)39-8)19-35-36-29(37)14-13-22-15-25(32(2,3)4)30(38)26(16-22)33(5,6)7/h9-12,15-19,38H,13-14,20H2,1-8H3,(H,36,37)/b35-19-. The Bertz CT molecular complexity index is 1350. The molecule has 3 rings (SSSR count). The van der Waals surface area contributed by atoms with Gasteiger partial charge >= 0.3 is 0 Å². The Hall–Kier alpha value is -3.51. The predicted octanol–water partition coefficient (Wildman–Crippen LogP) is 7.62. The van der Waals surface area contributed by atoms with E-state index in [4.69, 9.17) is 21.1 Å². The number of hydrazone groups is 1. The maximum absolute atomic E-state index is 12.6. The van der Waals surface area contributed by atoms with Crippen molar-refractivity contribution in [2.75, 3.05) is 7.11 Å². The molecule has 3 aromatic rings. The third kappa shape index (κ3) is 8.01. The molecule has 6 nitrogen and oxygen atoms in total. The van der Waals surface area contributed by atoms with E-state index in [1.807, 2.05) is 43.3 Å². The number of halogens is 1. The minimum Gasteiger partial charge on any atom is -0.507 e. The summed E-state index contributed by atoms with van der Waals surface area (Å²) in [5.74, 6) is 1.05. The highest BCUT2D eigenvalue weighted by molar-refractivity contribution is 6.32. The molecule has 0 aromatic heterocycles. The van der Waals surface area contributed by atoms with Crippen LogP contribution in [0.2, 0.25) is 5.02 Å². The van der Waals surface area contributed by atoms with Crippen molar-refractivity contribution in [1.82, 2.24) is 5.43 Å². The maximum Gasteiger partial charge on any atom is 0.240 e. The number of aromatic hydroxyl groups is 1. The van der Waals surface area contributed by atoms with Gasteiger partial charge < -0.3 is 14.6 Å². The van der Waals surface area contributed by atoms with Crippen LogP contribution in [0, 0.1) is 6.92 Å². The van der Waals surface area contributed by atoms with E-state index in [0.717, 1.165) is 27.8 Å². The van der Waals surface area contributed by atoms with E-state index in [-0.39, 0.29) is 23.2 Å². The molecule has 7 heteroatoms. The van der Waals surface area contributed by atoms with Crippen molar-refractivity contribution in [3.8, 4) is 17.2 Å². The number of nitrogens with one attached hydrogen (secondary N) is 1. The zero-order valence-electron chi connectivity index (χ0n) is 24.8. The predicted molar refractivity (Wildman–Crippen MR) is 163 cm³/mol. The van der Waals surface area contributed by atoms with Crippen LogP contribution in [0.5, 0.6) is 17.2 Å². The van der Waals surface area contributed by atoms with Crippen molar-refractivity contribution >= 4 is 23.7 Å². The van der Waals surface area contributed by atoms with Gasteiger partial charge in [0.25, 0.3) is 0 Å². The molecule has 214 valence electrons. The summed E-state index contributed by atoms with van der Waals surface area (Å²) >= 11 is 6.51. The lowest BCUT2D eigenvalue weighted by atomic mass is 9.78. The number of amides is 1. The van der Waals surface area contributed by atoms with Crippen molar-refractivity contribution in [2.45, 2.75) is 78.7 Å². The third-order valence-electron chi connectivity index (χ3n) is 6.71. The molecule has 0 saturated heterocycles. The average Bonchev–Trinajstić information content (AvgIpc) is 2.86. The van der Waals surface area contributed by atoms with Crippen LogP contribution in [0.4, 0.5) is 0 Å². The fourth-order valence-electron chi connectivity index (χ4n) is 4.35. The van der Waals surface area contributed by atoms with E-state index in [2.05, 4.69) is 52.1 Å². The first-order chi connectivity index (χ1) is 18.7. The van der Waals surface area contributed by atoms with Crippen molar-refractivity contribution in [3.05, 3.63) is 86.9 Å². The molecule has 0 saturated carbocycles. The van der Waals surface area contributed by atoms with Crippen LogP contribution in [0.1, 0.15) is 81.3 Å². The molecule has 0 heterocycles. The molecule has 1 amide bonds. The second kappa shape index (κ2) is 12.8. The number of benzene rings is 3. The number of rotatable bonds is 9. The van der Waals surface area contributed by atoms with Crippen LogP contribution in [0.3, 0.4) is 0 Å². The van der Waals surface area contributed by atoms with Crippen LogP contribution in [0.25, 0.3) is 0 Å². The molecule has 0 aliphatic heterocycles. The van der Waals surface area contributed by atoms with Crippen LogP contribution in [-0.2, 0) is 28.7 Å². The Morgan fingerprint density at radius 1 is 1.02 bits per heavy atom. The van der Waals surface area contributed by atoms with Gasteiger partial charge in [-0.1, -0.05) is 89.5 Å². The number of hydrogen-bond donors (Lipinski definition) is 2. The number of nitrogens with zero attached hydrogens (tertiary/aromatic N) is 1. The van der Waals surface area contributed by atoms with E-state index in [9.17, 15) is 9.90 Å². The highest BCUT2D eigenvalue weighted by Gasteiger charge is 2.26. The Labute approximate surface area is 243 Å². The molecule has 0 fully saturated rings. The summed E-state index contributed by atoms with van der Waals surface area (Å²) in [6, 6.07) is 15.5. The zero-order chi connectivity index (χ0) is 29.7. The minimum absolute atomic E-state index is 0.213. The SMILES string of the molecule is COc1cc(/C=N\NC(=O)CCc2cc(C(C)(C)C)c(O)c(C(C)(C)C)c2)cc(Cl)c1OCc1ccccc1C. The summed E-state index contributed by atoms with van der Waals surface area (Å²) in [5, 5.41) is 15.4. The van der Waals surface area contributed by atoms with E-state index in [1.54, 1.807) is 19.2 Å². The lowest BCUT2D eigenvalue weighted by Gasteiger charge is -2.28. The van der Waals surface area contributed by atoms with E-state index in [0.29, 0.717) is 40.9 Å². The summed E-state index contributed by atoms with van der Waals surface area (Å²) in [5.41, 5.74) is 7.76. The first-order valence-corrected chi connectivity index (χ1v) is 13.8. The molecule has 0 unspecified atom stereocenters. The summed E-state index contributed by atoms with van der Waals surface area (Å²) in [4.78, 5) is 12.6. The first kappa shape index (κ1) is 31.0. The van der Waals surface area contributed by atoms with Gasteiger partial charge in [-0.15, -0.1) is 0 Å². The van der Waals surface area contributed by atoms with Crippen LogP contribution >= 0.6 is 11.6 Å². The van der Waals surface area contributed by atoms with Gasteiger partial charge in [-0.2, -0.15) is 5.10 Å². The highest BCUT2D eigenvalue weighted by atomic mass is 35.5. The van der Waals surface area contributed by atoms with Crippen LogP contribution in [0.15, 0.2) is 53.6 Å². The summed E-state index contributed by atoms with van der Waals surface area (Å²) in [6.07, 6.45) is 2.30. The number of aryl methyl sites for hydroxylation is 2. The van der Waals surface area contributed by atoms with Gasteiger partial charge in [0.1, 0.15) is 12.4 Å². The van der Waals surface area contributed by atoms with Crippen LogP contribution in [-0.4, -0.2) is 24.3 Å². The minimum atomic E-state index is -0.226. The molecular weight excluding hydrogens is 524 g/mol. The van der Waals surface area contributed by atoms with E-state index >= 15 is 0 Å². The molecule has 0 radical (unpaired) electrons. The smallest absolute Gasteiger partial charge is 0.240 e. The molecule has 2 N–H and O–H groups in total. The fourth-order valence-corrected chi connectivity index (χ4v) is 4.62.